The van der Waals surface area contributed by atoms with Gasteiger partial charge in [0.15, 0.2) is 16.6 Å². The third-order valence-electron chi connectivity index (χ3n) is 1.30. The molecule has 0 aromatic carbocycles. The van der Waals surface area contributed by atoms with Crippen LogP contribution in [0, 0.1) is 0 Å². The van der Waals surface area contributed by atoms with E-state index in [4.69, 9.17) is 8.85 Å². The fourth-order valence-corrected chi connectivity index (χ4v) is 7.08. The third kappa shape index (κ3) is 8.89. The van der Waals surface area contributed by atoms with Crippen LogP contribution in [0.1, 0.15) is 0 Å². The zero-order valence-electron chi connectivity index (χ0n) is 10.1. The predicted molar refractivity (Wildman–Crippen MR) is 67.1 cm³/mol. The maximum Gasteiger partial charge on any atom is 0.186 e. The van der Waals surface area contributed by atoms with Gasteiger partial charge in [-0.3, -0.25) is 0 Å². The molecule has 0 N–H and O–H groups in total. The molecule has 0 saturated carbocycles. The second kappa shape index (κ2) is 4.88. The van der Waals surface area contributed by atoms with Gasteiger partial charge < -0.3 is 8.85 Å². The van der Waals surface area contributed by atoms with Crippen molar-refractivity contribution in [1.29, 1.82) is 0 Å². The summed E-state index contributed by atoms with van der Waals surface area (Å²) < 4.78 is 12.0. The van der Waals surface area contributed by atoms with Gasteiger partial charge >= 0.3 is 0 Å². The first-order valence-corrected chi connectivity index (χ1v) is 14.0. The molecule has 0 radical (unpaired) electrons. The van der Waals surface area contributed by atoms with Crippen LogP contribution in [0.5, 0.6) is 0 Å². The van der Waals surface area contributed by atoms with Crippen molar-refractivity contribution in [3.05, 3.63) is 0 Å². The first kappa shape index (κ1) is 13.6. The molecule has 0 aromatic heterocycles. The molecule has 0 unspecified atom stereocenters. The van der Waals surface area contributed by atoms with Crippen molar-refractivity contribution in [2.75, 3.05) is 0 Å². The highest BCUT2D eigenvalue weighted by molar-refractivity contribution is 6.71. The summed E-state index contributed by atoms with van der Waals surface area (Å²) >= 11 is 0. The van der Waals surface area contributed by atoms with E-state index in [1.807, 2.05) is 0 Å². The molecule has 80 valence electrons. The maximum absolute atomic E-state index is 5.98. The Balaban J connectivity index is 4.05. The molecule has 0 aliphatic rings. The van der Waals surface area contributed by atoms with Crippen LogP contribution in [0.2, 0.25) is 45.8 Å². The zero-order valence-corrected chi connectivity index (χ0v) is 13.5. The standard InChI is InChI=1S/C8H24O2Si3/c1-11-8(9-12(2,3)4)10-13(5,6)7/h8H,11H2,1-7H3. The average molecular weight is 237 g/mol. The van der Waals surface area contributed by atoms with Gasteiger partial charge in [-0.05, 0) is 39.3 Å². The molecule has 0 aromatic rings. The highest BCUT2D eigenvalue weighted by Gasteiger charge is 2.25. The zero-order chi connectivity index (χ0) is 10.7. The Labute approximate surface area is 87.1 Å². The Morgan fingerprint density at radius 3 is 1.31 bits per heavy atom. The average Bonchev–Trinajstić information content (AvgIpc) is 1.79. The molecule has 0 fully saturated rings. The topological polar surface area (TPSA) is 18.5 Å². The molecule has 0 aliphatic heterocycles. The lowest BCUT2D eigenvalue weighted by molar-refractivity contribution is 0.0612. The Morgan fingerprint density at radius 1 is 0.846 bits per heavy atom. The summed E-state index contributed by atoms with van der Waals surface area (Å²) in [5.74, 6) is 0.165. The lowest BCUT2D eigenvalue weighted by Gasteiger charge is -2.30. The van der Waals surface area contributed by atoms with Gasteiger partial charge in [-0.2, -0.15) is 0 Å². The van der Waals surface area contributed by atoms with Gasteiger partial charge in [0.05, 0.1) is 9.52 Å². The van der Waals surface area contributed by atoms with Gasteiger partial charge in [0.1, 0.15) is 5.91 Å². The number of hydrogen-bond donors (Lipinski definition) is 0. The van der Waals surface area contributed by atoms with Crippen molar-refractivity contribution < 1.29 is 8.85 Å². The van der Waals surface area contributed by atoms with Crippen molar-refractivity contribution in [1.82, 2.24) is 0 Å². The van der Waals surface area contributed by atoms with Crippen molar-refractivity contribution in [2.45, 2.75) is 51.7 Å². The van der Waals surface area contributed by atoms with E-state index in [0.29, 0.717) is 0 Å². The molecule has 0 aliphatic carbocycles. The highest BCUT2D eigenvalue weighted by atomic mass is 28.4. The summed E-state index contributed by atoms with van der Waals surface area (Å²) in [6.45, 7) is 15.6. The molecule has 0 amide bonds. The van der Waals surface area contributed by atoms with Gasteiger partial charge in [-0.25, -0.2) is 0 Å². The van der Waals surface area contributed by atoms with E-state index < -0.39 is 16.6 Å². The van der Waals surface area contributed by atoms with Crippen molar-refractivity contribution in [3.63, 3.8) is 0 Å². The summed E-state index contributed by atoms with van der Waals surface area (Å²) in [5.41, 5.74) is 0. The van der Waals surface area contributed by atoms with Gasteiger partial charge in [0.2, 0.25) is 0 Å². The SMILES string of the molecule is C[SiH2]C(O[Si](C)(C)C)O[Si](C)(C)C. The molecule has 0 spiro atoms. The van der Waals surface area contributed by atoms with Gasteiger partial charge in [-0.1, -0.05) is 6.55 Å². The smallest absolute Gasteiger partial charge is 0.186 e. The molecular formula is C8H24O2Si3. The summed E-state index contributed by atoms with van der Waals surface area (Å²) in [7, 11) is -3.02. The van der Waals surface area contributed by atoms with Crippen LogP contribution in [-0.2, 0) is 8.85 Å². The Bertz CT molecular complexity index is 132. The molecule has 5 heteroatoms. The molecule has 0 atom stereocenters. The fraction of sp³-hybridized carbons (Fsp3) is 1.00. The van der Waals surface area contributed by atoms with E-state index in [2.05, 4.69) is 45.8 Å². The quantitative estimate of drug-likeness (QED) is 0.538. The summed E-state index contributed by atoms with van der Waals surface area (Å²) in [4.78, 5) is 0. The lowest BCUT2D eigenvalue weighted by atomic mass is 11.5. The molecule has 2 nitrogen and oxygen atoms in total. The van der Waals surface area contributed by atoms with Crippen molar-refractivity contribution in [3.8, 4) is 0 Å². The van der Waals surface area contributed by atoms with E-state index in [-0.39, 0.29) is 15.4 Å². The Morgan fingerprint density at radius 2 is 1.15 bits per heavy atom. The Hall–Kier alpha value is 0.571. The van der Waals surface area contributed by atoms with Gasteiger partial charge in [0, 0.05) is 0 Å². The molecule has 0 heterocycles. The first-order chi connectivity index (χ1) is 5.64. The van der Waals surface area contributed by atoms with Crippen LogP contribution in [0.4, 0.5) is 0 Å². The first-order valence-electron chi connectivity index (χ1n) is 5.00. The number of rotatable bonds is 5. The van der Waals surface area contributed by atoms with E-state index in [1.165, 1.54) is 0 Å². The summed E-state index contributed by atoms with van der Waals surface area (Å²) in [5, 5.41) is 0. The molecule has 0 bridgehead atoms. The Kier molecular flexibility index (Phi) is 5.09. The maximum atomic E-state index is 5.98. The highest BCUT2D eigenvalue weighted by Crippen LogP contribution is 2.13. The lowest BCUT2D eigenvalue weighted by Crippen LogP contribution is -2.42. The molecular weight excluding hydrogens is 212 g/mol. The van der Waals surface area contributed by atoms with Crippen molar-refractivity contribution in [2.24, 2.45) is 0 Å². The minimum Gasteiger partial charge on any atom is -0.398 e. The van der Waals surface area contributed by atoms with Crippen LogP contribution >= 0.6 is 0 Å². The molecule has 0 rings (SSSR count). The second-order valence-electron chi connectivity index (χ2n) is 5.30. The minimum absolute atomic E-state index is 0.165. The summed E-state index contributed by atoms with van der Waals surface area (Å²) in [6.07, 6.45) is 0. The van der Waals surface area contributed by atoms with Crippen LogP contribution in [-0.4, -0.2) is 32.1 Å². The monoisotopic (exact) mass is 236 g/mol. The molecule has 13 heavy (non-hydrogen) atoms. The number of hydrogen-bond acceptors (Lipinski definition) is 2. The van der Waals surface area contributed by atoms with E-state index in [1.54, 1.807) is 0 Å². The predicted octanol–water partition coefficient (Wildman–Crippen LogP) is 2.19. The van der Waals surface area contributed by atoms with Crippen LogP contribution < -0.4 is 0 Å². The third-order valence-corrected chi connectivity index (χ3v) is 4.91. The van der Waals surface area contributed by atoms with Crippen LogP contribution in [0.25, 0.3) is 0 Å². The van der Waals surface area contributed by atoms with E-state index in [9.17, 15) is 0 Å². The minimum atomic E-state index is -1.41. The van der Waals surface area contributed by atoms with E-state index >= 15 is 0 Å². The van der Waals surface area contributed by atoms with Gasteiger partial charge in [-0.15, -0.1) is 0 Å². The van der Waals surface area contributed by atoms with Crippen LogP contribution in [0.3, 0.4) is 0 Å². The summed E-state index contributed by atoms with van der Waals surface area (Å²) in [6, 6.07) is 0. The second-order valence-corrected chi connectivity index (χ2v) is 15.7. The molecule has 0 saturated heterocycles. The fourth-order valence-electron chi connectivity index (χ4n) is 0.979. The van der Waals surface area contributed by atoms with Crippen LogP contribution in [0.15, 0.2) is 0 Å². The van der Waals surface area contributed by atoms with Gasteiger partial charge in [0.25, 0.3) is 0 Å². The van der Waals surface area contributed by atoms with E-state index in [0.717, 1.165) is 0 Å². The largest absolute Gasteiger partial charge is 0.398 e. The normalized spacial score (nSPS) is 14.8. The van der Waals surface area contributed by atoms with Crippen molar-refractivity contribution >= 4 is 26.2 Å².